The van der Waals surface area contributed by atoms with Crippen molar-refractivity contribution in [2.75, 3.05) is 14.2 Å². The Labute approximate surface area is 123 Å². The monoisotopic (exact) mass is 364 g/mol. The van der Waals surface area contributed by atoms with Crippen molar-refractivity contribution in [1.82, 2.24) is 0 Å². The molecule has 0 aliphatic rings. The first-order chi connectivity index (χ1) is 8.71. The number of aldehydes is 1. The maximum Gasteiger partial charge on any atom is 0.128 e. The van der Waals surface area contributed by atoms with Crippen LogP contribution in [0.2, 0.25) is 0 Å². The molecule has 0 fully saturated rings. The van der Waals surface area contributed by atoms with Crippen LogP contribution in [-0.2, 0) is 14.3 Å². The minimum atomic E-state index is -0.0726. The van der Waals surface area contributed by atoms with Crippen molar-refractivity contribution in [2.24, 2.45) is 5.92 Å². The van der Waals surface area contributed by atoms with Gasteiger partial charge in [-0.1, -0.05) is 25.8 Å². The van der Waals surface area contributed by atoms with Crippen LogP contribution in [-0.4, -0.2) is 20.5 Å². The summed E-state index contributed by atoms with van der Waals surface area (Å²) in [5.41, 5.74) is 0. The van der Waals surface area contributed by atoms with Gasteiger partial charge in [0.2, 0.25) is 0 Å². The Hall–Kier alpha value is -0.780. The van der Waals surface area contributed by atoms with Gasteiger partial charge in [0, 0.05) is 9.50 Å². The summed E-state index contributed by atoms with van der Waals surface area (Å²) in [6.07, 6.45) is 11.0. The summed E-state index contributed by atoms with van der Waals surface area (Å²) >= 11 is 2.18. The molecule has 0 N–H and O–H groups in total. The first-order valence-electron chi connectivity index (χ1n) is 5.96. The van der Waals surface area contributed by atoms with Gasteiger partial charge in [-0.3, -0.25) is 0 Å². The van der Waals surface area contributed by atoms with Crippen LogP contribution in [0.4, 0.5) is 0 Å². The van der Waals surface area contributed by atoms with Crippen molar-refractivity contribution in [3.8, 4) is 0 Å². The standard InChI is InChI=1S/C14H21IO3/c1-4-5-8-12(11-16)14(15)13(18-3)9-6-7-10-17-2/h6-7,9-12H,4-5,8H2,1-3H3/b9-6-,10-7+,14-13+. The molecule has 0 bridgehead atoms. The average Bonchev–Trinajstić information content (AvgIpc) is 2.39. The van der Waals surface area contributed by atoms with Crippen molar-refractivity contribution in [3.63, 3.8) is 0 Å². The highest BCUT2D eigenvalue weighted by Gasteiger charge is 2.14. The average molecular weight is 364 g/mol. The molecular weight excluding hydrogens is 343 g/mol. The molecule has 0 aliphatic carbocycles. The quantitative estimate of drug-likeness (QED) is 0.269. The first kappa shape index (κ1) is 17.2. The van der Waals surface area contributed by atoms with Crippen molar-refractivity contribution < 1.29 is 14.3 Å². The number of unbranched alkanes of at least 4 members (excludes halogenated alkanes) is 1. The van der Waals surface area contributed by atoms with Gasteiger partial charge in [0.25, 0.3) is 0 Å². The SMILES string of the molecule is CCCCC(C=O)/C(I)=C(/C=C\C=C\OC)OC. The molecule has 0 spiro atoms. The van der Waals surface area contributed by atoms with Gasteiger partial charge in [-0.2, -0.15) is 0 Å². The molecule has 0 heterocycles. The number of methoxy groups -OCH3 is 2. The fourth-order valence-corrected chi connectivity index (χ4v) is 2.23. The van der Waals surface area contributed by atoms with Crippen LogP contribution in [0.3, 0.4) is 0 Å². The molecule has 0 aromatic rings. The molecular formula is C14H21IO3. The van der Waals surface area contributed by atoms with Crippen molar-refractivity contribution in [3.05, 3.63) is 33.8 Å². The molecule has 0 radical (unpaired) electrons. The minimum absolute atomic E-state index is 0.0726. The summed E-state index contributed by atoms with van der Waals surface area (Å²) in [7, 11) is 3.20. The second-order valence-corrected chi connectivity index (χ2v) is 4.89. The molecule has 102 valence electrons. The number of carbonyl (C=O) groups excluding carboxylic acids is 1. The Bertz CT molecular complexity index is 319. The highest BCUT2D eigenvalue weighted by molar-refractivity contribution is 14.1. The number of halogens is 1. The van der Waals surface area contributed by atoms with Crippen LogP contribution in [0.1, 0.15) is 26.2 Å². The number of hydrogen-bond acceptors (Lipinski definition) is 3. The van der Waals surface area contributed by atoms with Gasteiger partial charge in [0.1, 0.15) is 12.0 Å². The fraction of sp³-hybridized carbons (Fsp3) is 0.500. The molecule has 0 aromatic heterocycles. The van der Waals surface area contributed by atoms with Crippen molar-refractivity contribution in [1.29, 1.82) is 0 Å². The van der Waals surface area contributed by atoms with Gasteiger partial charge in [-0.25, -0.2) is 0 Å². The smallest absolute Gasteiger partial charge is 0.128 e. The molecule has 0 rings (SSSR count). The third-order valence-corrected chi connectivity index (χ3v) is 3.72. The second-order valence-electron chi connectivity index (χ2n) is 3.72. The highest BCUT2D eigenvalue weighted by atomic mass is 127. The second kappa shape index (κ2) is 11.3. The molecule has 4 heteroatoms. The minimum Gasteiger partial charge on any atom is -0.504 e. The molecule has 0 saturated carbocycles. The largest absolute Gasteiger partial charge is 0.504 e. The van der Waals surface area contributed by atoms with Crippen LogP contribution >= 0.6 is 22.6 Å². The van der Waals surface area contributed by atoms with Crippen LogP contribution < -0.4 is 0 Å². The van der Waals surface area contributed by atoms with Crippen molar-refractivity contribution >= 4 is 28.9 Å². The number of rotatable bonds is 9. The van der Waals surface area contributed by atoms with E-state index < -0.39 is 0 Å². The van der Waals surface area contributed by atoms with E-state index in [0.29, 0.717) is 0 Å². The molecule has 0 saturated heterocycles. The van der Waals surface area contributed by atoms with E-state index in [9.17, 15) is 4.79 Å². The van der Waals surface area contributed by atoms with Gasteiger partial charge >= 0.3 is 0 Å². The van der Waals surface area contributed by atoms with Gasteiger partial charge in [-0.15, -0.1) is 0 Å². The van der Waals surface area contributed by atoms with E-state index in [1.165, 1.54) is 0 Å². The Morgan fingerprint density at radius 3 is 2.56 bits per heavy atom. The number of ether oxygens (including phenoxy) is 2. The lowest BCUT2D eigenvalue weighted by atomic mass is 10.0. The third-order valence-electron chi connectivity index (χ3n) is 2.39. The Morgan fingerprint density at radius 1 is 1.33 bits per heavy atom. The lowest BCUT2D eigenvalue weighted by molar-refractivity contribution is -0.110. The van der Waals surface area contributed by atoms with E-state index in [1.807, 2.05) is 12.2 Å². The van der Waals surface area contributed by atoms with E-state index in [2.05, 4.69) is 29.5 Å². The molecule has 18 heavy (non-hydrogen) atoms. The van der Waals surface area contributed by atoms with Gasteiger partial charge in [0.15, 0.2) is 0 Å². The van der Waals surface area contributed by atoms with E-state index in [4.69, 9.17) is 9.47 Å². The summed E-state index contributed by atoms with van der Waals surface area (Å²) in [5, 5.41) is 0. The molecule has 0 aromatic carbocycles. The molecule has 1 atom stereocenters. The van der Waals surface area contributed by atoms with E-state index in [-0.39, 0.29) is 5.92 Å². The lowest BCUT2D eigenvalue weighted by Gasteiger charge is -2.12. The van der Waals surface area contributed by atoms with Gasteiger partial charge in [-0.05, 0) is 41.2 Å². The zero-order chi connectivity index (χ0) is 13.8. The fourth-order valence-electron chi connectivity index (χ4n) is 1.37. The predicted octanol–water partition coefficient (Wildman–Crippen LogP) is 4.00. The molecule has 3 nitrogen and oxygen atoms in total. The normalized spacial score (nSPS) is 14.7. The van der Waals surface area contributed by atoms with Crippen molar-refractivity contribution in [2.45, 2.75) is 26.2 Å². The number of allylic oxidation sites excluding steroid dienone is 4. The zero-order valence-electron chi connectivity index (χ0n) is 11.2. The van der Waals surface area contributed by atoms with E-state index >= 15 is 0 Å². The maximum atomic E-state index is 11.1. The summed E-state index contributed by atoms with van der Waals surface area (Å²) < 4.78 is 11.0. The van der Waals surface area contributed by atoms with E-state index in [0.717, 1.165) is 34.9 Å². The van der Waals surface area contributed by atoms with Crippen LogP contribution in [0.5, 0.6) is 0 Å². The molecule has 0 aliphatic heterocycles. The third kappa shape index (κ3) is 6.83. The number of carbonyl (C=O) groups is 1. The van der Waals surface area contributed by atoms with Gasteiger partial charge in [0.05, 0.1) is 20.5 Å². The maximum absolute atomic E-state index is 11.1. The summed E-state index contributed by atoms with van der Waals surface area (Å²) in [6, 6.07) is 0. The molecule has 0 amide bonds. The topological polar surface area (TPSA) is 35.5 Å². The van der Waals surface area contributed by atoms with Crippen LogP contribution in [0, 0.1) is 5.92 Å². The summed E-state index contributed by atoms with van der Waals surface area (Å²) in [5.74, 6) is 0.654. The lowest BCUT2D eigenvalue weighted by Crippen LogP contribution is -2.04. The summed E-state index contributed by atoms with van der Waals surface area (Å²) in [6.45, 7) is 2.12. The Balaban J connectivity index is 4.80. The summed E-state index contributed by atoms with van der Waals surface area (Å²) in [4.78, 5) is 11.1. The molecule has 1 unspecified atom stereocenters. The Kier molecular flexibility index (Phi) is 10.8. The first-order valence-corrected chi connectivity index (χ1v) is 7.04. The Morgan fingerprint density at radius 2 is 2.06 bits per heavy atom. The zero-order valence-corrected chi connectivity index (χ0v) is 13.3. The van der Waals surface area contributed by atoms with Crippen LogP contribution in [0.25, 0.3) is 0 Å². The van der Waals surface area contributed by atoms with E-state index in [1.54, 1.807) is 26.6 Å². The van der Waals surface area contributed by atoms with Crippen LogP contribution in [0.15, 0.2) is 33.8 Å². The van der Waals surface area contributed by atoms with Gasteiger partial charge < -0.3 is 14.3 Å². The predicted molar refractivity (Wildman–Crippen MR) is 82.4 cm³/mol. The highest BCUT2D eigenvalue weighted by Crippen LogP contribution is 2.26. The number of hydrogen-bond donors (Lipinski definition) is 0.